The van der Waals surface area contributed by atoms with E-state index >= 15 is 0 Å². The zero-order chi connectivity index (χ0) is 16.9. The average molecular weight is 332 g/mol. The molecule has 1 N–H and O–H groups in total. The molecule has 3 nitrogen and oxygen atoms in total. The summed E-state index contributed by atoms with van der Waals surface area (Å²) in [5.41, 5.74) is 3.88. The Labute approximate surface area is 149 Å². The van der Waals surface area contributed by atoms with Gasteiger partial charge in [-0.3, -0.25) is 4.79 Å². The largest absolute Gasteiger partial charge is 0.381 e. The van der Waals surface area contributed by atoms with Gasteiger partial charge in [0.25, 0.3) is 0 Å². The number of likely N-dealkylation sites (tertiary alicyclic amines) is 1. The lowest BCUT2D eigenvalue weighted by atomic mass is 9.58. The van der Waals surface area contributed by atoms with Crippen LogP contribution in [0.25, 0.3) is 0 Å². The molecule has 0 unspecified atom stereocenters. The van der Waals surface area contributed by atoms with Gasteiger partial charge >= 0.3 is 0 Å². The van der Waals surface area contributed by atoms with Crippen molar-refractivity contribution in [2.24, 2.45) is 5.92 Å². The maximum atomic E-state index is 13.4. The number of benzene rings is 2. The topological polar surface area (TPSA) is 32.3 Å². The van der Waals surface area contributed by atoms with E-state index < -0.39 is 0 Å². The van der Waals surface area contributed by atoms with Crippen LogP contribution >= 0.6 is 0 Å². The summed E-state index contributed by atoms with van der Waals surface area (Å²) in [6.45, 7) is 1.60. The third-order valence-electron chi connectivity index (χ3n) is 6.61. The van der Waals surface area contributed by atoms with Crippen LogP contribution in [-0.4, -0.2) is 23.4 Å². The summed E-state index contributed by atoms with van der Waals surface area (Å²) in [4.78, 5) is 15.5. The predicted octanol–water partition coefficient (Wildman–Crippen LogP) is 3.95. The van der Waals surface area contributed by atoms with E-state index in [4.69, 9.17) is 0 Å². The molecular weight excluding hydrogens is 308 g/mol. The zero-order valence-corrected chi connectivity index (χ0v) is 14.4. The second kappa shape index (κ2) is 5.62. The van der Waals surface area contributed by atoms with Crippen molar-refractivity contribution in [2.75, 3.05) is 11.9 Å². The summed E-state index contributed by atoms with van der Waals surface area (Å²) in [6, 6.07) is 19.5. The minimum absolute atomic E-state index is 0.0130. The number of rotatable bonds is 2. The normalized spacial score (nSPS) is 30.2. The predicted molar refractivity (Wildman–Crippen MR) is 99.3 cm³/mol. The Morgan fingerprint density at radius 2 is 1.84 bits per heavy atom. The molecule has 1 spiro atoms. The maximum absolute atomic E-state index is 13.4. The number of nitrogens with one attached hydrogen (secondary N) is 1. The molecular formula is C22H24N2O. The van der Waals surface area contributed by atoms with Gasteiger partial charge in [-0.2, -0.15) is 0 Å². The molecule has 2 aromatic carbocycles. The van der Waals surface area contributed by atoms with E-state index in [9.17, 15) is 4.79 Å². The first-order valence-corrected chi connectivity index (χ1v) is 9.48. The lowest BCUT2D eigenvalue weighted by molar-refractivity contribution is -0.145. The van der Waals surface area contributed by atoms with Crippen molar-refractivity contribution in [2.45, 2.75) is 43.7 Å². The Kier molecular flexibility index (Phi) is 3.37. The molecule has 1 amide bonds. The summed E-state index contributed by atoms with van der Waals surface area (Å²) in [7, 11) is 0. The van der Waals surface area contributed by atoms with Gasteiger partial charge in [0.05, 0.1) is 0 Å². The average Bonchev–Trinajstić information content (AvgIpc) is 2.99. The van der Waals surface area contributed by atoms with Crippen molar-refractivity contribution in [3.05, 3.63) is 65.7 Å². The van der Waals surface area contributed by atoms with Gasteiger partial charge in [0.2, 0.25) is 5.91 Å². The lowest BCUT2D eigenvalue weighted by Gasteiger charge is -2.51. The number of piperidine rings is 1. The zero-order valence-electron chi connectivity index (χ0n) is 14.4. The van der Waals surface area contributed by atoms with E-state index in [0.717, 1.165) is 32.4 Å². The number of amides is 1. The Hall–Kier alpha value is -2.29. The minimum atomic E-state index is 0.0130. The van der Waals surface area contributed by atoms with Gasteiger partial charge in [0.1, 0.15) is 0 Å². The summed E-state index contributed by atoms with van der Waals surface area (Å²) >= 11 is 0. The number of anilines is 1. The van der Waals surface area contributed by atoms with Crippen LogP contribution in [0.2, 0.25) is 0 Å². The standard InChI is InChI=1S/C22H24N2O/c25-21-18-10-6-12-20-22(18,17-9-4-5-11-19(17)23-20)13-14-24(21)15-16-7-2-1-3-8-16/h1-5,7-9,11,18,20,23H,6,10,12-15H2/t18-,20-,22+/m1/s1. The van der Waals surface area contributed by atoms with Crippen LogP contribution in [0.5, 0.6) is 0 Å². The fourth-order valence-electron chi connectivity index (χ4n) is 5.50. The molecule has 2 heterocycles. The van der Waals surface area contributed by atoms with E-state index in [2.05, 4.69) is 58.7 Å². The Balaban J connectivity index is 1.49. The van der Waals surface area contributed by atoms with Gasteiger partial charge in [0.15, 0.2) is 0 Å². The number of nitrogens with zero attached hydrogens (tertiary/aromatic N) is 1. The van der Waals surface area contributed by atoms with E-state index in [1.165, 1.54) is 23.2 Å². The first kappa shape index (κ1) is 15.0. The summed E-state index contributed by atoms with van der Waals surface area (Å²) in [6.07, 6.45) is 4.42. The fourth-order valence-corrected chi connectivity index (χ4v) is 5.50. The monoisotopic (exact) mass is 332 g/mol. The van der Waals surface area contributed by atoms with Crippen LogP contribution < -0.4 is 5.32 Å². The Bertz CT molecular complexity index is 803. The number of para-hydroxylation sites is 1. The van der Waals surface area contributed by atoms with Crippen molar-refractivity contribution >= 4 is 11.6 Å². The summed E-state index contributed by atoms with van der Waals surface area (Å²) in [5.74, 6) is 0.484. The Morgan fingerprint density at radius 3 is 2.72 bits per heavy atom. The third kappa shape index (κ3) is 2.14. The van der Waals surface area contributed by atoms with Crippen molar-refractivity contribution in [1.82, 2.24) is 4.90 Å². The van der Waals surface area contributed by atoms with E-state index in [1.54, 1.807) is 0 Å². The molecule has 25 heavy (non-hydrogen) atoms. The van der Waals surface area contributed by atoms with Gasteiger partial charge in [-0.1, -0.05) is 55.0 Å². The molecule has 5 rings (SSSR count). The first-order chi connectivity index (χ1) is 12.3. The fraction of sp³-hybridized carbons (Fsp3) is 0.409. The minimum Gasteiger partial charge on any atom is -0.381 e. The van der Waals surface area contributed by atoms with E-state index in [-0.39, 0.29) is 11.3 Å². The smallest absolute Gasteiger partial charge is 0.226 e. The third-order valence-corrected chi connectivity index (χ3v) is 6.61. The van der Waals surface area contributed by atoms with E-state index in [1.807, 2.05) is 6.07 Å². The molecule has 128 valence electrons. The number of hydrogen-bond acceptors (Lipinski definition) is 2. The van der Waals surface area contributed by atoms with Crippen LogP contribution in [0.1, 0.15) is 36.8 Å². The molecule has 0 aromatic heterocycles. The SMILES string of the molecule is O=C1[C@H]2CCC[C@H]3Nc4ccccc4[C@@]23CCN1Cc1ccccc1. The molecule has 2 fully saturated rings. The van der Waals surface area contributed by atoms with Gasteiger partial charge in [-0.05, 0) is 36.5 Å². The van der Waals surface area contributed by atoms with Crippen LogP contribution in [0.15, 0.2) is 54.6 Å². The molecule has 2 aromatic rings. The quantitative estimate of drug-likeness (QED) is 0.903. The Morgan fingerprint density at radius 1 is 1.04 bits per heavy atom. The number of fused-ring (bicyclic) bond motifs is 1. The van der Waals surface area contributed by atoms with Gasteiger partial charge in [-0.15, -0.1) is 0 Å². The summed E-state index contributed by atoms with van der Waals surface area (Å²) < 4.78 is 0. The van der Waals surface area contributed by atoms with Crippen molar-refractivity contribution in [3.63, 3.8) is 0 Å². The molecule has 1 saturated carbocycles. The van der Waals surface area contributed by atoms with Gasteiger partial charge in [0, 0.05) is 36.2 Å². The molecule has 1 aliphatic carbocycles. The van der Waals surface area contributed by atoms with Crippen LogP contribution in [0, 0.1) is 5.92 Å². The number of hydrogen-bond donors (Lipinski definition) is 1. The van der Waals surface area contributed by atoms with Gasteiger partial charge < -0.3 is 10.2 Å². The number of carbonyl (C=O) groups is 1. The molecule has 0 bridgehead atoms. The van der Waals surface area contributed by atoms with E-state index in [0.29, 0.717) is 11.9 Å². The second-order valence-electron chi connectivity index (χ2n) is 7.76. The molecule has 1 saturated heterocycles. The highest BCUT2D eigenvalue weighted by molar-refractivity contribution is 5.84. The van der Waals surface area contributed by atoms with Crippen LogP contribution in [0.4, 0.5) is 5.69 Å². The van der Waals surface area contributed by atoms with Crippen molar-refractivity contribution in [1.29, 1.82) is 0 Å². The number of carbonyl (C=O) groups excluding carboxylic acids is 1. The molecule has 3 aliphatic rings. The molecule has 2 aliphatic heterocycles. The van der Waals surface area contributed by atoms with Crippen molar-refractivity contribution < 1.29 is 4.79 Å². The van der Waals surface area contributed by atoms with Gasteiger partial charge in [-0.25, -0.2) is 0 Å². The molecule has 0 radical (unpaired) electrons. The first-order valence-electron chi connectivity index (χ1n) is 9.48. The highest BCUT2D eigenvalue weighted by Gasteiger charge is 2.58. The van der Waals surface area contributed by atoms with Crippen LogP contribution in [-0.2, 0) is 16.8 Å². The molecule has 3 heteroatoms. The van der Waals surface area contributed by atoms with Crippen molar-refractivity contribution in [3.8, 4) is 0 Å². The highest BCUT2D eigenvalue weighted by atomic mass is 16.2. The second-order valence-corrected chi connectivity index (χ2v) is 7.76. The maximum Gasteiger partial charge on any atom is 0.226 e. The lowest BCUT2D eigenvalue weighted by Crippen LogP contribution is -2.59. The molecule has 3 atom stereocenters. The highest BCUT2D eigenvalue weighted by Crippen LogP contribution is 2.55. The van der Waals surface area contributed by atoms with Crippen LogP contribution in [0.3, 0.4) is 0 Å². The summed E-state index contributed by atoms with van der Waals surface area (Å²) in [5, 5.41) is 3.74.